The Kier molecular flexibility index (Phi) is 3.08. The van der Waals surface area contributed by atoms with E-state index in [-0.39, 0.29) is 17.9 Å². The van der Waals surface area contributed by atoms with Gasteiger partial charge in [-0.1, -0.05) is 12.1 Å². The SMILES string of the molecule is NC(c1ccc2c(c1)CCCS2)C1CC1C(=O)O. The van der Waals surface area contributed by atoms with Gasteiger partial charge in [-0.2, -0.15) is 0 Å². The molecule has 1 fully saturated rings. The van der Waals surface area contributed by atoms with Crippen LogP contribution in [0.3, 0.4) is 0 Å². The van der Waals surface area contributed by atoms with Gasteiger partial charge in [0.15, 0.2) is 0 Å². The number of rotatable bonds is 3. The minimum Gasteiger partial charge on any atom is -0.481 e. The van der Waals surface area contributed by atoms with E-state index in [9.17, 15) is 4.79 Å². The molecular weight excluding hydrogens is 246 g/mol. The van der Waals surface area contributed by atoms with E-state index in [2.05, 4.69) is 18.2 Å². The Morgan fingerprint density at radius 1 is 1.50 bits per heavy atom. The molecule has 0 spiro atoms. The van der Waals surface area contributed by atoms with Crippen LogP contribution >= 0.6 is 11.8 Å². The molecule has 18 heavy (non-hydrogen) atoms. The van der Waals surface area contributed by atoms with Crippen LogP contribution in [0.5, 0.6) is 0 Å². The lowest BCUT2D eigenvalue weighted by molar-refractivity contribution is -0.138. The molecule has 1 aromatic rings. The summed E-state index contributed by atoms with van der Waals surface area (Å²) in [5, 5.41) is 8.95. The number of carboxylic acids is 1. The third kappa shape index (κ3) is 2.15. The number of aryl methyl sites for hydroxylation is 1. The van der Waals surface area contributed by atoms with E-state index in [1.165, 1.54) is 22.6 Å². The molecule has 0 aromatic heterocycles. The minimum absolute atomic E-state index is 0.122. The smallest absolute Gasteiger partial charge is 0.306 e. The Balaban J connectivity index is 1.78. The molecule has 2 aliphatic rings. The van der Waals surface area contributed by atoms with Gasteiger partial charge in [0.05, 0.1) is 5.92 Å². The quantitative estimate of drug-likeness (QED) is 0.879. The summed E-state index contributed by atoms with van der Waals surface area (Å²) in [5.41, 5.74) is 8.67. The number of thioether (sulfide) groups is 1. The van der Waals surface area contributed by atoms with E-state index in [4.69, 9.17) is 10.8 Å². The Morgan fingerprint density at radius 3 is 3.06 bits per heavy atom. The summed E-state index contributed by atoms with van der Waals surface area (Å²) in [5.74, 6) is 0.383. The first kappa shape index (κ1) is 12.1. The van der Waals surface area contributed by atoms with Crippen LogP contribution in [0, 0.1) is 11.8 Å². The highest BCUT2D eigenvalue weighted by molar-refractivity contribution is 7.99. The summed E-state index contributed by atoms with van der Waals surface area (Å²) >= 11 is 1.90. The summed E-state index contributed by atoms with van der Waals surface area (Å²) in [6.45, 7) is 0. The molecule has 3 nitrogen and oxygen atoms in total. The number of aliphatic carboxylic acids is 1. The van der Waals surface area contributed by atoms with E-state index < -0.39 is 5.97 Å². The molecular formula is C14H17NO2S. The number of benzene rings is 1. The fraction of sp³-hybridized carbons (Fsp3) is 0.500. The van der Waals surface area contributed by atoms with Crippen LogP contribution < -0.4 is 5.73 Å². The largest absolute Gasteiger partial charge is 0.481 e. The molecule has 4 heteroatoms. The lowest BCUT2D eigenvalue weighted by atomic mass is 9.98. The van der Waals surface area contributed by atoms with Crippen molar-refractivity contribution in [1.29, 1.82) is 0 Å². The van der Waals surface area contributed by atoms with Crippen molar-refractivity contribution in [2.75, 3.05) is 5.75 Å². The maximum atomic E-state index is 10.9. The minimum atomic E-state index is -0.705. The van der Waals surface area contributed by atoms with E-state index in [1.807, 2.05) is 11.8 Å². The fourth-order valence-electron chi connectivity index (χ4n) is 2.73. The predicted molar refractivity (Wildman–Crippen MR) is 71.6 cm³/mol. The fourth-order valence-corrected chi connectivity index (χ4v) is 3.75. The topological polar surface area (TPSA) is 63.3 Å². The van der Waals surface area contributed by atoms with Crippen LogP contribution in [0.4, 0.5) is 0 Å². The lowest BCUT2D eigenvalue weighted by Gasteiger charge is -2.18. The van der Waals surface area contributed by atoms with Crippen LogP contribution in [0.25, 0.3) is 0 Å². The first-order valence-electron chi connectivity index (χ1n) is 6.41. The van der Waals surface area contributed by atoms with Gasteiger partial charge in [0, 0.05) is 10.9 Å². The number of carboxylic acid groups (broad SMARTS) is 1. The molecule has 0 amide bonds. The third-order valence-corrected chi connectivity index (χ3v) is 5.14. The normalized spacial score (nSPS) is 27.4. The van der Waals surface area contributed by atoms with Gasteiger partial charge < -0.3 is 10.8 Å². The van der Waals surface area contributed by atoms with Crippen molar-refractivity contribution in [2.24, 2.45) is 17.6 Å². The van der Waals surface area contributed by atoms with Crippen LogP contribution in [-0.4, -0.2) is 16.8 Å². The second kappa shape index (κ2) is 4.59. The second-order valence-electron chi connectivity index (χ2n) is 5.19. The third-order valence-electron chi connectivity index (χ3n) is 3.94. The van der Waals surface area contributed by atoms with Gasteiger partial charge >= 0.3 is 5.97 Å². The Hall–Kier alpha value is -1.00. The van der Waals surface area contributed by atoms with Crippen LogP contribution in [0.15, 0.2) is 23.1 Å². The van der Waals surface area contributed by atoms with Crippen molar-refractivity contribution in [2.45, 2.75) is 30.2 Å². The summed E-state index contributed by atoms with van der Waals surface area (Å²) in [6, 6.07) is 6.28. The second-order valence-corrected chi connectivity index (χ2v) is 6.33. The van der Waals surface area contributed by atoms with E-state index in [0.717, 1.165) is 18.4 Å². The molecule has 3 atom stereocenters. The van der Waals surface area contributed by atoms with Crippen molar-refractivity contribution < 1.29 is 9.90 Å². The zero-order chi connectivity index (χ0) is 12.7. The summed E-state index contributed by atoms with van der Waals surface area (Å²) in [6.07, 6.45) is 3.07. The van der Waals surface area contributed by atoms with Gasteiger partial charge in [-0.15, -0.1) is 11.8 Å². The maximum absolute atomic E-state index is 10.9. The molecule has 0 saturated heterocycles. The molecule has 3 rings (SSSR count). The molecule has 3 unspecified atom stereocenters. The first-order valence-corrected chi connectivity index (χ1v) is 7.39. The van der Waals surface area contributed by atoms with E-state index in [1.54, 1.807) is 0 Å². The highest BCUT2D eigenvalue weighted by Crippen LogP contribution is 2.47. The maximum Gasteiger partial charge on any atom is 0.306 e. The van der Waals surface area contributed by atoms with Gasteiger partial charge in [0.25, 0.3) is 0 Å². The number of nitrogens with two attached hydrogens (primary N) is 1. The molecule has 96 valence electrons. The van der Waals surface area contributed by atoms with E-state index >= 15 is 0 Å². The van der Waals surface area contributed by atoms with Crippen LogP contribution in [0.2, 0.25) is 0 Å². The zero-order valence-electron chi connectivity index (χ0n) is 10.1. The van der Waals surface area contributed by atoms with Crippen LogP contribution in [-0.2, 0) is 11.2 Å². The molecule has 3 N–H and O–H groups in total. The van der Waals surface area contributed by atoms with Crippen molar-refractivity contribution in [1.82, 2.24) is 0 Å². The Bertz CT molecular complexity index is 489. The molecule has 1 aliphatic heterocycles. The molecule has 0 radical (unpaired) electrons. The average molecular weight is 263 g/mol. The van der Waals surface area contributed by atoms with Gasteiger partial charge in [0.2, 0.25) is 0 Å². The van der Waals surface area contributed by atoms with Gasteiger partial charge in [-0.3, -0.25) is 4.79 Å². The zero-order valence-corrected chi connectivity index (χ0v) is 11.0. The molecule has 0 bridgehead atoms. The number of hydrogen-bond donors (Lipinski definition) is 2. The van der Waals surface area contributed by atoms with Crippen molar-refractivity contribution in [3.63, 3.8) is 0 Å². The highest BCUT2D eigenvalue weighted by atomic mass is 32.2. The number of fused-ring (bicyclic) bond motifs is 1. The van der Waals surface area contributed by atoms with Crippen molar-refractivity contribution in [3.05, 3.63) is 29.3 Å². The number of carbonyl (C=O) groups is 1. The molecule has 1 aromatic carbocycles. The first-order chi connectivity index (χ1) is 8.66. The molecule has 1 aliphatic carbocycles. The van der Waals surface area contributed by atoms with Gasteiger partial charge in [-0.25, -0.2) is 0 Å². The molecule has 1 saturated carbocycles. The van der Waals surface area contributed by atoms with Crippen LogP contribution in [0.1, 0.15) is 30.0 Å². The van der Waals surface area contributed by atoms with Gasteiger partial charge in [0.1, 0.15) is 0 Å². The predicted octanol–water partition coefficient (Wildman–Crippen LogP) is 2.45. The standard InChI is InChI=1S/C14H17NO2S/c15-13(10-7-11(10)14(16)17)9-3-4-12-8(6-9)2-1-5-18-12/h3-4,6,10-11,13H,1-2,5,7,15H2,(H,16,17). The Labute approximate surface area is 111 Å². The van der Waals surface area contributed by atoms with Crippen molar-refractivity contribution >= 4 is 17.7 Å². The summed E-state index contributed by atoms with van der Waals surface area (Å²) in [7, 11) is 0. The average Bonchev–Trinajstić information content (AvgIpc) is 3.17. The van der Waals surface area contributed by atoms with Gasteiger partial charge in [-0.05, 0) is 48.1 Å². The highest BCUT2D eigenvalue weighted by Gasteiger charge is 2.47. The number of hydrogen-bond acceptors (Lipinski definition) is 3. The monoisotopic (exact) mass is 263 g/mol. The van der Waals surface area contributed by atoms with E-state index in [0.29, 0.717) is 0 Å². The lowest BCUT2D eigenvalue weighted by Crippen LogP contribution is -2.16. The summed E-state index contributed by atoms with van der Waals surface area (Å²) < 4.78 is 0. The van der Waals surface area contributed by atoms with Crippen molar-refractivity contribution in [3.8, 4) is 0 Å². The molecule has 1 heterocycles. The summed E-state index contributed by atoms with van der Waals surface area (Å²) in [4.78, 5) is 12.2. The Morgan fingerprint density at radius 2 is 2.33 bits per heavy atom.